The van der Waals surface area contributed by atoms with Gasteiger partial charge in [-0.1, -0.05) is 0 Å². The van der Waals surface area contributed by atoms with Crippen LogP contribution in [-0.4, -0.2) is 26.2 Å². The lowest BCUT2D eigenvalue weighted by Crippen LogP contribution is -2.19. The van der Waals surface area contributed by atoms with Crippen LogP contribution in [0.15, 0.2) is 18.5 Å². The number of aryl methyl sites for hydroxylation is 3. The van der Waals surface area contributed by atoms with E-state index in [0.29, 0.717) is 13.1 Å². The van der Waals surface area contributed by atoms with Crippen LogP contribution >= 0.6 is 12.4 Å². The maximum Gasteiger partial charge on any atom is 0.109 e. The number of hydrogen-bond donors (Lipinski definition) is 1. The molecule has 0 aliphatic rings. The normalized spacial score (nSPS) is 10.6. The van der Waals surface area contributed by atoms with E-state index in [1.807, 2.05) is 16.9 Å². The summed E-state index contributed by atoms with van der Waals surface area (Å²) < 4.78 is 16.0. The van der Waals surface area contributed by atoms with E-state index in [1.165, 1.54) is 11.3 Å². The average molecular weight is 302 g/mol. The largest absolute Gasteiger partial charge is 0.306 e. The van der Waals surface area contributed by atoms with Crippen molar-refractivity contribution in [3.8, 4) is 0 Å². The van der Waals surface area contributed by atoms with E-state index in [1.54, 1.807) is 10.9 Å². The smallest absolute Gasteiger partial charge is 0.109 e. The van der Waals surface area contributed by atoms with Crippen LogP contribution in [0.4, 0.5) is 4.39 Å². The van der Waals surface area contributed by atoms with Crippen molar-refractivity contribution in [3.05, 3.63) is 35.4 Å². The maximum absolute atomic E-state index is 12.3. The Balaban J connectivity index is 0.00000200. The fraction of sp³-hybridized carbons (Fsp3) is 0.538. The van der Waals surface area contributed by atoms with Crippen LogP contribution in [0.1, 0.15) is 23.9 Å². The van der Waals surface area contributed by atoms with Crippen LogP contribution in [0.3, 0.4) is 0 Å². The van der Waals surface area contributed by atoms with Gasteiger partial charge >= 0.3 is 0 Å². The zero-order valence-electron chi connectivity index (χ0n) is 11.8. The summed E-state index contributed by atoms with van der Waals surface area (Å²) in [6.07, 6.45) is 3.59. The lowest BCUT2D eigenvalue weighted by Gasteiger charge is -2.09. The molecular weight excluding hydrogens is 281 g/mol. The molecule has 0 fully saturated rings. The number of nitrogens with one attached hydrogen (secondary N) is 1. The first-order valence-corrected chi connectivity index (χ1v) is 6.55. The van der Waals surface area contributed by atoms with Crippen molar-refractivity contribution in [2.24, 2.45) is 0 Å². The number of nitrogens with zero attached hydrogens (tertiary/aromatic N) is 4. The zero-order valence-corrected chi connectivity index (χ0v) is 12.7. The number of halogens is 2. The van der Waals surface area contributed by atoms with E-state index >= 15 is 0 Å². The molecule has 0 saturated carbocycles. The third-order valence-corrected chi connectivity index (χ3v) is 3.16. The second-order valence-corrected chi connectivity index (χ2v) is 4.43. The Bertz CT molecular complexity index is 523. The first kappa shape index (κ1) is 16.7. The SMILES string of the molecule is CCn1ncc(C)c1CNCc1ccnn1CCF.Cl. The molecule has 0 aliphatic heterocycles. The molecule has 1 N–H and O–H groups in total. The third kappa shape index (κ3) is 3.80. The lowest BCUT2D eigenvalue weighted by atomic mass is 10.2. The van der Waals surface area contributed by atoms with Gasteiger partial charge in [0.2, 0.25) is 0 Å². The summed E-state index contributed by atoms with van der Waals surface area (Å²) in [6.45, 7) is 6.35. The summed E-state index contributed by atoms with van der Waals surface area (Å²) in [5.74, 6) is 0. The molecule has 7 heteroatoms. The molecule has 0 saturated heterocycles. The second-order valence-electron chi connectivity index (χ2n) is 4.43. The molecule has 2 heterocycles. The Morgan fingerprint density at radius 3 is 2.75 bits per heavy atom. The molecule has 0 aromatic carbocycles. The minimum Gasteiger partial charge on any atom is -0.306 e. The summed E-state index contributed by atoms with van der Waals surface area (Å²) in [5, 5.41) is 11.8. The van der Waals surface area contributed by atoms with Crippen molar-refractivity contribution in [2.75, 3.05) is 6.67 Å². The van der Waals surface area contributed by atoms with Gasteiger partial charge in [0.05, 0.1) is 24.1 Å². The molecule has 20 heavy (non-hydrogen) atoms. The minimum absolute atomic E-state index is 0. The Kier molecular flexibility index (Phi) is 6.67. The molecule has 0 atom stereocenters. The van der Waals surface area contributed by atoms with Crippen LogP contribution in [0.25, 0.3) is 0 Å². The predicted octanol–water partition coefficient (Wildman–Crippen LogP) is 2.09. The third-order valence-electron chi connectivity index (χ3n) is 3.16. The average Bonchev–Trinajstić information content (AvgIpc) is 2.98. The Labute approximate surface area is 124 Å². The quantitative estimate of drug-likeness (QED) is 0.852. The zero-order chi connectivity index (χ0) is 13.7. The van der Waals surface area contributed by atoms with Crippen LogP contribution in [0.2, 0.25) is 0 Å². The molecule has 2 aromatic rings. The molecule has 0 unspecified atom stereocenters. The standard InChI is InChI=1S/C13H20FN5.ClH/c1-3-18-13(11(2)8-17-18)10-15-9-12-4-6-16-19(12)7-5-14;/h4,6,8,15H,3,5,7,9-10H2,1-2H3;1H. The Morgan fingerprint density at radius 1 is 1.25 bits per heavy atom. The fourth-order valence-electron chi connectivity index (χ4n) is 2.11. The number of aromatic nitrogens is 4. The van der Waals surface area contributed by atoms with Gasteiger partial charge in [-0.15, -0.1) is 12.4 Å². The topological polar surface area (TPSA) is 47.7 Å². The highest BCUT2D eigenvalue weighted by Gasteiger charge is 2.07. The summed E-state index contributed by atoms with van der Waals surface area (Å²) in [5.41, 5.74) is 3.38. The second kappa shape index (κ2) is 8.01. The van der Waals surface area contributed by atoms with Gasteiger partial charge in [-0.2, -0.15) is 10.2 Å². The summed E-state index contributed by atoms with van der Waals surface area (Å²) >= 11 is 0. The fourth-order valence-corrected chi connectivity index (χ4v) is 2.11. The molecular formula is C13H21ClFN5. The number of rotatable bonds is 7. The molecule has 0 aliphatic carbocycles. The van der Waals surface area contributed by atoms with Crippen molar-refractivity contribution in [1.82, 2.24) is 24.9 Å². The Hall–Kier alpha value is -1.40. The first-order valence-electron chi connectivity index (χ1n) is 6.55. The highest BCUT2D eigenvalue weighted by molar-refractivity contribution is 5.85. The predicted molar refractivity (Wildman–Crippen MR) is 78.6 cm³/mol. The maximum atomic E-state index is 12.3. The highest BCUT2D eigenvalue weighted by Crippen LogP contribution is 2.07. The van der Waals surface area contributed by atoms with Crippen LogP contribution in [0, 0.1) is 6.92 Å². The van der Waals surface area contributed by atoms with E-state index in [9.17, 15) is 4.39 Å². The van der Waals surface area contributed by atoms with Crippen molar-refractivity contribution >= 4 is 12.4 Å². The summed E-state index contributed by atoms with van der Waals surface area (Å²) in [7, 11) is 0. The molecule has 112 valence electrons. The first-order chi connectivity index (χ1) is 9.26. The van der Waals surface area contributed by atoms with E-state index < -0.39 is 6.67 Å². The summed E-state index contributed by atoms with van der Waals surface area (Å²) in [6, 6.07) is 1.91. The van der Waals surface area contributed by atoms with Crippen molar-refractivity contribution in [3.63, 3.8) is 0 Å². The molecule has 2 rings (SSSR count). The number of alkyl halides is 1. The molecule has 0 radical (unpaired) electrons. The van der Waals surface area contributed by atoms with Crippen LogP contribution < -0.4 is 5.32 Å². The highest BCUT2D eigenvalue weighted by atomic mass is 35.5. The van der Waals surface area contributed by atoms with E-state index in [4.69, 9.17) is 0 Å². The molecule has 2 aromatic heterocycles. The minimum atomic E-state index is -0.392. The van der Waals surface area contributed by atoms with Gasteiger partial charge in [0.1, 0.15) is 6.67 Å². The van der Waals surface area contributed by atoms with Crippen molar-refractivity contribution < 1.29 is 4.39 Å². The van der Waals surface area contributed by atoms with Gasteiger partial charge in [0, 0.05) is 25.8 Å². The van der Waals surface area contributed by atoms with Gasteiger partial charge in [0.25, 0.3) is 0 Å². The lowest BCUT2D eigenvalue weighted by molar-refractivity contribution is 0.416. The summed E-state index contributed by atoms with van der Waals surface area (Å²) in [4.78, 5) is 0. The van der Waals surface area contributed by atoms with E-state index in [0.717, 1.165) is 18.8 Å². The van der Waals surface area contributed by atoms with E-state index in [2.05, 4.69) is 29.4 Å². The van der Waals surface area contributed by atoms with Crippen molar-refractivity contribution in [2.45, 2.75) is 40.0 Å². The van der Waals surface area contributed by atoms with Gasteiger partial charge in [-0.3, -0.25) is 9.36 Å². The van der Waals surface area contributed by atoms with Crippen LogP contribution in [0.5, 0.6) is 0 Å². The van der Waals surface area contributed by atoms with Gasteiger partial charge in [-0.25, -0.2) is 4.39 Å². The van der Waals surface area contributed by atoms with Gasteiger partial charge in [-0.05, 0) is 25.5 Å². The Morgan fingerprint density at radius 2 is 2.05 bits per heavy atom. The number of hydrogen-bond acceptors (Lipinski definition) is 3. The van der Waals surface area contributed by atoms with Gasteiger partial charge in [0.15, 0.2) is 0 Å². The molecule has 0 spiro atoms. The molecule has 0 bridgehead atoms. The van der Waals surface area contributed by atoms with Crippen molar-refractivity contribution in [1.29, 1.82) is 0 Å². The monoisotopic (exact) mass is 301 g/mol. The van der Waals surface area contributed by atoms with Gasteiger partial charge < -0.3 is 5.32 Å². The van der Waals surface area contributed by atoms with Crippen LogP contribution in [-0.2, 0) is 26.2 Å². The molecule has 0 amide bonds. The molecule has 5 nitrogen and oxygen atoms in total. The van der Waals surface area contributed by atoms with E-state index in [-0.39, 0.29) is 12.4 Å².